The number of phenolic OH excluding ortho intramolecular Hbond substituents is 1. The van der Waals surface area contributed by atoms with Gasteiger partial charge in [-0.3, -0.25) is 52.7 Å². The molecule has 0 aromatic heterocycles. The second-order valence-corrected chi connectivity index (χ2v) is 14.6. The first-order valence-electron chi connectivity index (χ1n) is 19.5. The molecule has 0 aliphatic rings. The summed E-state index contributed by atoms with van der Waals surface area (Å²) in [6, 6.07) is -10.3. The number of carboxylic acid groups (broad SMARTS) is 3. The number of phenols is 1. The van der Waals surface area contributed by atoms with Gasteiger partial charge in [-0.15, -0.1) is 0 Å². The number of nitrogens with two attached hydrogens (primary N) is 3. The minimum absolute atomic E-state index is 0.207. The van der Waals surface area contributed by atoms with E-state index < -0.39 is 177 Å². The first-order chi connectivity index (χ1) is 30.7. The van der Waals surface area contributed by atoms with Crippen molar-refractivity contribution in [1.29, 1.82) is 0 Å². The van der Waals surface area contributed by atoms with Gasteiger partial charge in [0.2, 0.25) is 53.2 Å². The molecule has 0 saturated heterocycles. The van der Waals surface area contributed by atoms with Crippen molar-refractivity contribution in [1.82, 2.24) is 37.2 Å². The number of aromatic hydroxyl groups is 1. The van der Waals surface area contributed by atoms with Crippen molar-refractivity contribution in [3.8, 4) is 5.75 Å². The van der Waals surface area contributed by atoms with Crippen LogP contribution in [-0.4, -0.2) is 174 Å². The highest BCUT2D eigenvalue weighted by Gasteiger charge is 2.36. The normalized spacial score (nSPS) is 15.4. The maximum Gasteiger partial charge on any atom is 0.328 e. The van der Waals surface area contributed by atoms with E-state index >= 15 is 0 Å². The highest BCUT2D eigenvalue weighted by Crippen LogP contribution is 2.13. The summed E-state index contributed by atoms with van der Waals surface area (Å²) < 4.78 is 0. The van der Waals surface area contributed by atoms with Crippen LogP contribution in [0.15, 0.2) is 24.3 Å². The van der Waals surface area contributed by atoms with Crippen molar-refractivity contribution in [2.24, 2.45) is 17.2 Å². The molecule has 0 radical (unpaired) electrons. The first kappa shape index (κ1) is 56.5. The summed E-state index contributed by atoms with van der Waals surface area (Å²) in [4.78, 5) is 151. The molecule has 0 heterocycles. The van der Waals surface area contributed by atoms with E-state index in [2.05, 4.69) is 21.3 Å². The lowest BCUT2D eigenvalue weighted by molar-refractivity contribution is -0.146. The predicted molar refractivity (Wildman–Crippen MR) is 218 cm³/mol. The van der Waals surface area contributed by atoms with Gasteiger partial charge in [-0.05, 0) is 38.0 Å². The number of amides is 9. The number of hydrogen-bond donors (Lipinski definition) is 17. The van der Waals surface area contributed by atoms with E-state index in [4.69, 9.17) is 17.2 Å². The van der Waals surface area contributed by atoms with Crippen LogP contribution in [-0.2, 0) is 64.0 Å². The van der Waals surface area contributed by atoms with Crippen molar-refractivity contribution in [2.45, 2.75) is 113 Å². The number of rotatable bonds is 29. The van der Waals surface area contributed by atoms with Gasteiger partial charge in [0.1, 0.15) is 42.0 Å². The second kappa shape index (κ2) is 27.0. The number of nitrogens with one attached hydrogen (secondary N) is 7. The van der Waals surface area contributed by atoms with Gasteiger partial charge in [0.25, 0.3) is 0 Å². The monoisotopic (exact) mass is 942 g/mol. The zero-order valence-electron chi connectivity index (χ0n) is 35.3. The van der Waals surface area contributed by atoms with E-state index in [1.54, 1.807) is 0 Å². The van der Waals surface area contributed by atoms with Gasteiger partial charge in [-0.1, -0.05) is 12.1 Å². The summed E-state index contributed by atoms with van der Waals surface area (Å²) in [6.45, 7) is 0.830. The molecule has 1 rings (SSSR count). The number of hydrogen-bond acceptors (Lipinski definition) is 17. The molecular weight excluding hydrogens is 888 g/mol. The van der Waals surface area contributed by atoms with Crippen LogP contribution in [0.2, 0.25) is 0 Å². The Morgan fingerprint density at radius 1 is 0.530 bits per heavy atom. The van der Waals surface area contributed by atoms with E-state index in [9.17, 15) is 93.3 Å². The van der Waals surface area contributed by atoms with Crippen LogP contribution in [0.4, 0.5) is 0 Å². The third-order valence-electron chi connectivity index (χ3n) is 9.02. The maximum absolute atomic E-state index is 13.8. The average molecular weight is 943 g/mol. The summed E-state index contributed by atoms with van der Waals surface area (Å²) in [5, 5.41) is 82.1. The Morgan fingerprint density at radius 3 is 1.42 bits per heavy atom. The number of aliphatic carboxylic acids is 3. The van der Waals surface area contributed by atoms with Gasteiger partial charge < -0.3 is 90.2 Å². The number of carbonyl (C=O) groups is 12. The Hall–Kier alpha value is -7.50. The summed E-state index contributed by atoms with van der Waals surface area (Å²) in [6.07, 6.45) is -8.31. The summed E-state index contributed by atoms with van der Waals surface area (Å²) >= 11 is 0. The van der Waals surface area contributed by atoms with Crippen molar-refractivity contribution >= 4 is 71.1 Å². The summed E-state index contributed by atoms with van der Waals surface area (Å²) in [7, 11) is 0. The average Bonchev–Trinajstić information content (AvgIpc) is 3.20. The SMILES string of the molecule is C[C@@H](O)[C@H](NC(=O)[C@H](CC(=O)O)NC(=O)[C@H](Cc1ccc(O)cc1)NC(=O)[C@H](CC(N)=O)NC(=O)[C@H](CCC(=O)O)NC(=O)[C@H](CO)NC(=O)[C@@H](NC(=O)[C@@H](N)CC(N)=O)[C@@H](C)O)C(=O)O. The highest BCUT2D eigenvalue weighted by molar-refractivity contribution is 5.99. The molecule has 10 atom stereocenters. The molecule has 0 fully saturated rings. The quantitative estimate of drug-likeness (QED) is 0.0355. The Labute approximate surface area is 373 Å². The molecule has 0 saturated carbocycles. The lowest BCUT2D eigenvalue weighted by atomic mass is 10.0. The molecule has 66 heavy (non-hydrogen) atoms. The second-order valence-electron chi connectivity index (χ2n) is 14.6. The number of aliphatic hydroxyl groups excluding tert-OH is 3. The van der Waals surface area contributed by atoms with Gasteiger partial charge in [-0.25, -0.2) is 4.79 Å². The van der Waals surface area contributed by atoms with Gasteiger partial charge in [0.15, 0.2) is 6.04 Å². The minimum atomic E-state index is -2.04. The maximum atomic E-state index is 13.8. The van der Waals surface area contributed by atoms with Gasteiger partial charge in [0, 0.05) is 12.8 Å². The topological polar surface area (TPSA) is 509 Å². The number of benzene rings is 1. The standard InChI is InChI=1S/C37H54N10O19/c1-14(49)28(46-30(58)18(38)10-24(39)52)36(64)45-23(13-48)35(63)41-19(7-8-26(54)55)31(59)43-21(11-25(40)53)33(61)42-20(9-16-3-5-17(51)6-4-16)32(60)44-22(12-27(56)57)34(62)47-29(15(2)50)37(65)66/h3-6,14-15,18-23,28-29,48-51H,7-13,38H2,1-2H3,(H2,39,52)(H2,40,53)(H,41,63)(H,42,61)(H,43,59)(H,44,60)(H,45,64)(H,46,58)(H,47,62)(H,54,55)(H,56,57)(H,65,66)/t14-,15-,18+,19+,20+,21+,22+,23+,28+,29+/m1/s1. The van der Waals surface area contributed by atoms with Gasteiger partial charge in [-0.2, -0.15) is 0 Å². The molecule has 1 aromatic carbocycles. The number of carboxylic acids is 3. The molecule has 0 aliphatic heterocycles. The molecule has 0 unspecified atom stereocenters. The summed E-state index contributed by atoms with van der Waals surface area (Å²) in [5.41, 5.74) is 16.1. The molecule has 20 N–H and O–H groups in total. The predicted octanol–water partition coefficient (Wildman–Crippen LogP) is -8.42. The number of primary amides is 2. The Kier molecular flexibility index (Phi) is 23.1. The van der Waals surface area contributed by atoms with E-state index in [1.165, 1.54) is 24.3 Å². The molecule has 29 nitrogen and oxygen atoms in total. The van der Waals surface area contributed by atoms with Crippen LogP contribution in [0.1, 0.15) is 51.5 Å². The lowest BCUT2D eigenvalue weighted by Gasteiger charge is -2.27. The highest BCUT2D eigenvalue weighted by atomic mass is 16.4. The number of aliphatic hydroxyl groups is 3. The zero-order chi connectivity index (χ0) is 50.6. The van der Waals surface area contributed by atoms with Crippen LogP contribution in [0, 0.1) is 0 Å². The molecule has 9 amide bonds. The van der Waals surface area contributed by atoms with E-state index in [0.29, 0.717) is 0 Å². The fourth-order valence-electron chi connectivity index (χ4n) is 5.57. The largest absolute Gasteiger partial charge is 0.508 e. The number of carbonyl (C=O) groups excluding carboxylic acids is 9. The fraction of sp³-hybridized carbons (Fsp3) is 0.514. The lowest BCUT2D eigenvalue weighted by Crippen LogP contribution is -2.62. The molecule has 0 aliphatic carbocycles. The van der Waals surface area contributed by atoms with Gasteiger partial charge >= 0.3 is 17.9 Å². The van der Waals surface area contributed by atoms with Crippen molar-refractivity contribution in [2.75, 3.05) is 6.61 Å². The zero-order valence-corrected chi connectivity index (χ0v) is 35.3. The smallest absolute Gasteiger partial charge is 0.328 e. The molecule has 366 valence electrons. The van der Waals surface area contributed by atoms with Crippen LogP contribution in [0.3, 0.4) is 0 Å². The molecular formula is C37H54N10O19. The molecule has 29 heteroatoms. The summed E-state index contributed by atoms with van der Waals surface area (Å²) in [5.74, 6) is -16.6. The van der Waals surface area contributed by atoms with E-state index in [0.717, 1.165) is 13.8 Å². The molecule has 0 bridgehead atoms. The first-order valence-corrected chi connectivity index (χ1v) is 19.5. The third-order valence-corrected chi connectivity index (χ3v) is 9.02. The van der Waals surface area contributed by atoms with Crippen molar-refractivity contribution < 1.29 is 93.3 Å². The Bertz CT molecular complexity index is 1960. The minimum Gasteiger partial charge on any atom is -0.508 e. The van der Waals surface area contributed by atoms with Crippen LogP contribution < -0.4 is 54.4 Å². The van der Waals surface area contributed by atoms with Crippen LogP contribution >= 0.6 is 0 Å². The third kappa shape index (κ3) is 19.9. The van der Waals surface area contributed by atoms with Crippen molar-refractivity contribution in [3.05, 3.63) is 29.8 Å². The molecule has 0 spiro atoms. The van der Waals surface area contributed by atoms with Crippen LogP contribution in [0.5, 0.6) is 5.75 Å². The fourth-order valence-corrected chi connectivity index (χ4v) is 5.57. The van der Waals surface area contributed by atoms with E-state index in [-0.39, 0.29) is 11.3 Å². The van der Waals surface area contributed by atoms with Crippen LogP contribution in [0.25, 0.3) is 0 Å². The van der Waals surface area contributed by atoms with E-state index in [1.807, 2.05) is 16.0 Å². The van der Waals surface area contributed by atoms with Gasteiger partial charge in [0.05, 0.1) is 44.1 Å². The Balaban J connectivity index is 3.49. The Morgan fingerprint density at radius 2 is 0.955 bits per heavy atom. The molecule has 1 aromatic rings. The van der Waals surface area contributed by atoms with Crippen molar-refractivity contribution in [3.63, 3.8) is 0 Å².